The number of hydrogen-bond acceptors (Lipinski definition) is 4. The number of pyridine rings is 1. The lowest BCUT2D eigenvalue weighted by molar-refractivity contribution is -0.137. The fraction of sp³-hybridized carbons (Fsp3) is 0.400. The molecule has 1 rings (SSSR count). The number of nitrogens with one attached hydrogen (secondary N) is 1. The molecule has 10 heteroatoms. The minimum atomic E-state index is -3.91. The third-order valence-electron chi connectivity index (χ3n) is 2.42. The Labute approximate surface area is 126 Å². The van der Waals surface area contributed by atoms with Crippen molar-refractivity contribution < 1.29 is 18.3 Å². The summed E-state index contributed by atoms with van der Waals surface area (Å²) in [4.78, 5) is 14.2. The highest BCUT2D eigenvalue weighted by atomic mass is 35.5. The standard InChI is InChI=1S/C10H13Cl2N3O4S/c1-6-5-7(11)13-10(12)9(6)14-20(18,19)15(2)4-3-8(16)17/h5,14H,3-4H2,1-2H3,(H,16,17). The normalized spacial score (nSPS) is 11.7. The zero-order valence-corrected chi connectivity index (χ0v) is 13.1. The van der Waals surface area contributed by atoms with Crippen LogP contribution < -0.4 is 4.72 Å². The van der Waals surface area contributed by atoms with Crippen LogP contribution in [0.5, 0.6) is 0 Å². The SMILES string of the molecule is Cc1cc(Cl)nc(Cl)c1NS(=O)(=O)N(C)CCC(=O)O. The van der Waals surface area contributed by atoms with E-state index in [4.69, 9.17) is 28.3 Å². The van der Waals surface area contributed by atoms with Gasteiger partial charge in [0.05, 0.1) is 12.1 Å². The van der Waals surface area contributed by atoms with Gasteiger partial charge in [0.1, 0.15) is 5.15 Å². The van der Waals surface area contributed by atoms with Crippen LogP contribution in [0.4, 0.5) is 5.69 Å². The minimum absolute atomic E-state index is 0.0785. The number of aryl methyl sites for hydroxylation is 1. The zero-order chi connectivity index (χ0) is 15.5. The molecule has 0 aliphatic rings. The average Bonchev–Trinajstić information content (AvgIpc) is 2.30. The molecule has 1 aromatic heterocycles. The Kier molecular flexibility index (Phi) is 5.58. The van der Waals surface area contributed by atoms with Gasteiger partial charge in [-0.3, -0.25) is 9.52 Å². The van der Waals surface area contributed by atoms with Crippen molar-refractivity contribution in [2.75, 3.05) is 18.3 Å². The molecule has 0 spiro atoms. The van der Waals surface area contributed by atoms with Gasteiger partial charge in [0.25, 0.3) is 0 Å². The second-order valence-corrected chi connectivity index (χ2v) is 6.52. The largest absolute Gasteiger partial charge is 0.481 e. The van der Waals surface area contributed by atoms with E-state index < -0.39 is 16.2 Å². The van der Waals surface area contributed by atoms with Crippen molar-refractivity contribution >= 4 is 45.1 Å². The molecule has 0 fully saturated rings. The number of aromatic nitrogens is 1. The van der Waals surface area contributed by atoms with Gasteiger partial charge in [0.15, 0.2) is 5.15 Å². The average molecular weight is 342 g/mol. The van der Waals surface area contributed by atoms with Crippen molar-refractivity contribution in [2.45, 2.75) is 13.3 Å². The van der Waals surface area contributed by atoms with Crippen LogP contribution in [-0.4, -0.2) is 42.4 Å². The summed E-state index contributed by atoms with van der Waals surface area (Å²) < 4.78 is 27.1. The quantitative estimate of drug-likeness (QED) is 0.768. The van der Waals surface area contributed by atoms with Gasteiger partial charge in [0, 0.05) is 13.6 Å². The van der Waals surface area contributed by atoms with Crippen molar-refractivity contribution in [1.82, 2.24) is 9.29 Å². The van der Waals surface area contributed by atoms with Crippen LogP contribution in [0, 0.1) is 6.92 Å². The first-order chi connectivity index (χ1) is 9.13. The number of carboxylic acids is 1. The van der Waals surface area contributed by atoms with Gasteiger partial charge in [-0.1, -0.05) is 23.2 Å². The monoisotopic (exact) mass is 341 g/mol. The molecule has 0 bridgehead atoms. The number of aliphatic carboxylic acids is 1. The maximum Gasteiger partial charge on any atom is 0.304 e. The summed E-state index contributed by atoms with van der Waals surface area (Å²) in [5, 5.41) is 8.62. The Balaban J connectivity index is 2.94. The predicted molar refractivity (Wildman–Crippen MR) is 76.4 cm³/mol. The summed E-state index contributed by atoms with van der Waals surface area (Å²) in [6.45, 7) is 1.46. The van der Waals surface area contributed by atoms with Crippen LogP contribution in [0.2, 0.25) is 10.3 Å². The fourth-order valence-corrected chi connectivity index (χ4v) is 2.94. The molecule has 20 heavy (non-hydrogen) atoms. The van der Waals surface area contributed by atoms with Gasteiger partial charge in [-0.2, -0.15) is 12.7 Å². The molecule has 0 aromatic carbocycles. The van der Waals surface area contributed by atoms with Crippen molar-refractivity contribution in [1.29, 1.82) is 0 Å². The number of rotatable bonds is 6. The van der Waals surface area contributed by atoms with Crippen LogP contribution in [0.25, 0.3) is 0 Å². The van der Waals surface area contributed by atoms with E-state index in [2.05, 4.69) is 9.71 Å². The summed E-state index contributed by atoms with van der Waals surface area (Å²) in [5.74, 6) is -1.09. The Bertz CT molecular complexity index is 598. The summed E-state index contributed by atoms with van der Waals surface area (Å²) in [6, 6.07) is 1.46. The molecule has 0 amide bonds. The third kappa shape index (κ3) is 4.48. The second kappa shape index (κ2) is 6.57. The molecular weight excluding hydrogens is 329 g/mol. The van der Waals surface area contributed by atoms with Gasteiger partial charge < -0.3 is 5.11 Å². The van der Waals surface area contributed by atoms with E-state index >= 15 is 0 Å². The highest BCUT2D eigenvalue weighted by molar-refractivity contribution is 7.90. The van der Waals surface area contributed by atoms with Crippen LogP contribution in [-0.2, 0) is 15.0 Å². The van der Waals surface area contributed by atoms with E-state index in [0.29, 0.717) is 5.56 Å². The Hall–Kier alpha value is -1.09. The molecule has 0 radical (unpaired) electrons. The van der Waals surface area contributed by atoms with Crippen LogP contribution in [0.3, 0.4) is 0 Å². The number of carbonyl (C=O) groups is 1. The molecule has 0 unspecified atom stereocenters. The molecule has 2 N–H and O–H groups in total. The van der Waals surface area contributed by atoms with Crippen LogP contribution >= 0.6 is 23.2 Å². The van der Waals surface area contributed by atoms with Crippen LogP contribution in [0.1, 0.15) is 12.0 Å². The Morgan fingerprint density at radius 2 is 2.10 bits per heavy atom. The first-order valence-corrected chi connectivity index (χ1v) is 7.61. The van der Waals surface area contributed by atoms with Gasteiger partial charge in [0.2, 0.25) is 0 Å². The van der Waals surface area contributed by atoms with Crippen molar-refractivity contribution in [2.24, 2.45) is 0 Å². The van der Waals surface area contributed by atoms with Crippen molar-refractivity contribution in [3.8, 4) is 0 Å². The summed E-state index contributed by atoms with van der Waals surface area (Å²) in [7, 11) is -2.65. The zero-order valence-electron chi connectivity index (χ0n) is 10.7. The summed E-state index contributed by atoms with van der Waals surface area (Å²) >= 11 is 11.5. The van der Waals surface area contributed by atoms with Crippen LogP contribution in [0.15, 0.2) is 6.07 Å². The topological polar surface area (TPSA) is 99.6 Å². The highest BCUT2D eigenvalue weighted by Crippen LogP contribution is 2.27. The summed E-state index contributed by atoms with van der Waals surface area (Å²) in [6.07, 6.45) is -0.303. The van der Waals surface area contributed by atoms with E-state index in [-0.39, 0.29) is 29.0 Å². The molecule has 0 aliphatic carbocycles. The summed E-state index contributed by atoms with van der Waals surface area (Å²) in [5.41, 5.74) is 0.614. The second-order valence-electron chi connectivity index (χ2n) is 4.00. The van der Waals surface area contributed by atoms with E-state index in [1.165, 1.54) is 13.1 Å². The number of hydrogen-bond donors (Lipinski definition) is 2. The van der Waals surface area contributed by atoms with E-state index in [1.807, 2.05) is 0 Å². The fourth-order valence-electron chi connectivity index (χ4n) is 1.30. The first-order valence-electron chi connectivity index (χ1n) is 5.42. The third-order valence-corrected chi connectivity index (χ3v) is 4.36. The highest BCUT2D eigenvalue weighted by Gasteiger charge is 2.21. The molecular formula is C10H13Cl2N3O4S. The number of anilines is 1. The minimum Gasteiger partial charge on any atom is -0.481 e. The Morgan fingerprint density at radius 3 is 2.60 bits per heavy atom. The van der Waals surface area contributed by atoms with E-state index in [1.54, 1.807) is 6.92 Å². The van der Waals surface area contributed by atoms with Crippen molar-refractivity contribution in [3.63, 3.8) is 0 Å². The lowest BCUT2D eigenvalue weighted by Gasteiger charge is -2.19. The molecule has 0 saturated heterocycles. The lowest BCUT2D eigenvalue weighted by Crippen LogP contribution is -2.34. The molecule has 0 atom stereocenters. The number of nitrogens with zero attached hydrogens (tertiary/aromatic N) is 2. The molecule has 7 nitrogen and oxygen atoms in total. The predicted octanol–water partition coefficient (Wildman–Crippen LogP) is 1.76. The van der Waals surface area contributed by atoms with E-state index in [9.17, 15) is 13.2 Å². The first kappa shape index (κ1) is 17.0. The Morgan fingerprint density at radius 1 is 1.50 bits per heavy atom. The molecule has 0 aliphatic heterocycles. The van der Waals surface area contributed by atoms with Gasteiger partial charge in [-0.15, -0.1) is 0 Å². The number of carboxylic acid groups (broad SMARTS) is 1. The van der Waals surface area contributed by atoms with Gasteiger partial charge in [-0.25, -0.2) is 4.98 Å². The maximum absolute atomic E-state index is 12.0. The van der Waals surface area contributed by atoms with Crippen molar-refractivity contribution in [3.05, 3.63) is 21.9 Å². The molecule has 0 saturated carbocycles. The smallest absolute Gasteiger partial charge is 0.304 e. The van der Waals surface area contributed by atoms with Gasteiger partial charge >= 0.3 is 16.2 Å². The van der Waals surface area contributed by atoms with E-state index in [0.717, 1.165) is 4.31 Å². The maximum atomic E-state index is 12.0. The molecule has 1 aromatic rings. The molecule has 1 heterocycles. The number of halogens is 2. The van der Waals surface area contributed by atoms with Gasteiger partial charge in [-0.05, 0) is 18.6 Å². The molecule has 112 valence electrons. The lowest BCUT2D eigenvalue weighted by atomic mass is 10.3.